The molecule has 0 radical (unpaired) electrons. The van der Waals surface area contributed by atoms with E-state index >= 15 is 0 Å². The maximum absolute atomic E-state index is 6.57. The number of hydrogen-bond acceptors (Lipinski definition) is 5. The standard InChI is InChI=1S/C53H31N3O2/c1-2-9-32(10-3-1)34-17-20-35(21-18-34)51-54-52(40-24-23-38-29-45-42-13-6-7-15-46(42)57-49(45)31-41(38)28-40)56-53(55-51)44-14-8-16-47-50(44)43-26-25-39(30-48(43)58-47)37-22-19-33-11-4-5-12-36(33)27-37/h1-31H. The summed E-state index contributed by atoms with van der Waals surface area (Å²) in [5.41, 5.74) is 10.5. The minimum atomic E-state index is 0.576. The first-order chi connectivity index (χ1) is 28.7. The second kappa shape index (κ2) is 12.8. The molecule has 3 aromatic heterocycles. The topological polar surface area (TPSA) is 65.0 Å². The van der Waals surface area contributed by atoms with Crippen LogP contribution < -0.4 is 0 Å². The number of rotatable bonds is 5. The summed E-state index contributed by atoms with van der Waals surface area (Å²) in [6.07, 6.45) is 0. The van der Waals surface area contributed by atoms with Crippen molar-refractivity contribution in [1.82, 2.24) is 15.0 Å². The molecule has 0 aliphatic carbocycles. The molecule has 9 aromatic carbocycles. The highest BCUT2D eigenvalue weighted by Crippen LogP contribution is 2.39. The Morgan fingerprint density at radius 1 is 0.276 bits per heavy atom. The zero-order valence-corrected chi connectivity index (χ0v) is 31.1. The maximum Gasteiger partial charge on any atom is 0.164 e. The van der Waals surface area contributed by atoms with Gasteiger partial charge in [-0.05, 0) is 92.3 Å². The Hall–Kier alpha value is -7.89. The fraction of sp³-hybridized carbons (Fsp3) is 0. The monoisotopic (exact) mass is 741 g/mol. The number of hydrogen-bond donors (Lipinski definition) is 0. The van der Waals surface area contributed by atoms with Crippen LogP contribution in [0.2, 0.25) is 0 Å². The molecule has 5 nitrogen and oxygen atoms in total. The Kier molecular flexibility index (Phi) is 7.16. The van der Waals surface area contributed by atoms with Crippen molar-refractivity contribution in [3.63, 3.8) is 0 Å². The van der Waals surface area contributed by atoms with Gasteiger partial charge in [0.2, 0.25) is 0 Å². The van der Waals surface area contributed by atoms with Gasteiger partial charge in [-0.1, -0.05) is 140 Å². The zero-order valence-electron chi connectivity index (χ0n) is 31.1. The molecule has 12 aromatic rings. The molecular formula is C53H31N3O2. The molecule has 0 saturated heterocycles. The molecule has 0 saturated carbocycles. The minimum absolute atomic E-state index is 0.576. The fourth-order valence-corrected chi connectivity index (χ4v) is 8.36. The maximum atomic E-state index is 6.57. The van der Waals surface area contributed by atoms with Crippen LogP contribution in [0.3, 0.4) is 0 Å². The van der Waals surface area contributed by atoms with Crippen molar-refractivity contribution in [3.05, 3.63) is 188 Å². The Balaban J connectivity index is 1.02. The summed E-state index contributed by atoms with van der Waals surface area (Å²) in [6.45, 7) is 0. The highest BCUT2D eigenvalue weighted by atomic mass is 16.3. The molecule has 5 heteroatoms. The number of nitrogens with zero attached hydrogens (tertiary/aromatic N) is 3. The van der Waals surface area contributed by atoms with E-state index in [9.17, 15) is 0 Å². The molecule has 270 valence electrons. The van der Waals surface area contributed by atoms with Gasteiger partial charge in [-0.25, -0.2) is 15.0 Å². The van der Waals surface area contributed by atoms with Gasteiger partial charge in [0.1, 0.15) is 22.3 Å². The number of aromatic nitrogens is 3. The van der Waals surface area contributed by atoms with Gasteiger partial charge in [0.05, 0.1) is 0 Å². The molecule has 0 unspecified atom stereocenters. The van der Waals surface area contributed by atoms with Crippen LogP contribution >= 0.6 is 0 Å². The van der Waals surface area contributed by atoms with Crippen molar-refractivity contribution in [2.24, 2.45) is 0 Å². The highest BCUT2D eigenvalue weighted by molar-refractivity contribution is 6.13. The first-order valence-electron chi connectivity index (χ1n) is 19.4. The molecule has 58 heavy (non-hydrogen) atoms. The zero-order chi connectivity index (χ0) is 38.2. The van der Waals surface area contributed by atoms with Crippen LogP contribution in [0.15, 0.2) is 197 Å². The lowest BCUT2D eigenvalue weighted by molar-refractivity contribution is 0.669. The quantitative estimate of drug-likeness (QED) is 0.176. The van der Waals surface area contributed by atoms with Gasteiger partial charge in [0, 0.05) is 38.2 Å². The molecular weight excluding hydrogens is 711 g/mol. The van der Waals surface area contributed by atoms with E-state index < -0.39 is 0 Å². The van der Waals surface area contributed by atoms with E-state index in [2.05, 4.69) is 152 Å². The van der Waals surface area contributed by atoms with Crippen molar-refractivity contribution < 1.29 is 8.83 Å². The second-order valence-corrected chi connectivity index (χ2v) is 14.8. The van der Waals surface area contributed by atoms with E-state index in [-0.39, 0.29) is 0 Å². The van der Waals surface area contributed by atoms with Crippen molar-refractivity contribution in [2.75, 3.05) is 0 Å². The lowest BCUT2D eigenvalue weighted by atomic mass is 9.99. The first kappa shape index (κ1) is 32.4. The minimum Gasteiger partial charge on any atom is -0.456 e. The van der Waals surface area contributed by atoms with Gasteiger partial charge in [-0.15, -0.1) is 0 Å². The number of furan rings is 2. The Morgan fingerprint density at radius 2 is 0.862 bits per heavy atom. The molecule has 0 N–H and O–H groups in total. The van der Waals surface area contributed by atoms with Crippen LogP contribution in [-0.4, -0.2) is 15.0 Å². The first-order valence-corrected chi connectivity index (χ1v) is 19.4. The summed E-state index contributed by atoms with van der Waals surface area (Å²) >= 11 is 0. The molecule has 0 aliphatic rings. The average molecular weight is 742 g/mol. The number of benzene rings is 9. The smallest absolute Gasteiger partial charge is 0.164 e. The van der Waals surface area contributed by atoms with E-state index in [1.165, 1.54) is 10.8 Å². The Bertz CT molecular complexity index is 3570. The second-order valence-electron chi connectivity index (χ2n) is 14.8. The van der Waals surface area contributed by atoms with Crippen molar-refractivity contribution >= 4 is 65.4 Å². The van der Waals surface area contributed by atoms with Gasteiger partial charge < -0.3 is 8.83 Å². The predicted octanol–water partition coefficient (Wildman–Crippen LogP) is 14.3. The van der Waals surface area contributed by atoms with Crippen molar-refractivity contribution in [3.8, 4) is 56.4 Å². The van der Waals surface area contributed by atoms with Gasteiger partial charge in [-0.3, -0.25) is 0 Å². The lowest BCUT2D eigenvalue weighted by Gasteiger charge is -2.10. The van der Waals surface area contributed by atoms with Gasteiger partial charge in [0.25, 0.3) is 0 Å². The summed E-state index contributed by atoms with van der Waals surface area (Å²) in [5, 5.41) is 8.77. The van der Waals surface area contributed by atoms with Gasteiger partial charge >= 0.3 is 0 Å². The number of fused-ring (bicyclic) bond motifs is 8. The molecule has 12 rings (SSSR count). The normalized spacial score (nSPS) is 11.8. The predicted molar refractivity (Wildman–Crippen MR) is 237 cm³/mol. The van der Waals surface area contributed by atoms with E-state index in [0.29, 0.717) is 17.5 Å². The third-order valence-electron chi connectivity index (χ3n) is 11.3. The van der Waals surface area contributed by atoms with Crippen LogP contribution in [0.25, 0.3) is 122 Å². The summed E-state index contributed by atoms with van der Waals surface area (Å²) in [4.78, 5) is 15.5. The summed E-state index contributed by atoms with van der Waals surface area (Å²) in [7, 11) is 0. The summed E-state index contributed by atoms with van der Waals surface area (Å²) in [6, 6.07) is 65.3. The molecule has 3 heterocycles. The Labute approximate surface area is 332 Å². The molecule has 0 bridgehead atoms. The van der Waals surface area contributed by atoms with Crippen LogP contribution in [0, 0.1) is 0 Å². The Morgan fingerprint density at radius 3 is 1.76 bits per heavy atom. The van der Waals surface area contributed by atoms with Crippen LogP contribution in [0.5, 0.6) is 0 Å². The number of para-hydroxylation sites is 1. The van der Waals surface area contributed by atoms with Crippen molar-refractivity contribution in [2.45, 2.75) is 0 Å². The van der Waals surface area contributed by atoms with E-state index in [0.717, 1.165) is 93.6 Å². The SMILES string of the molecule is c1ccc(-c2ccc(-c3nc(-c4ccc5cc6c(cc5c4)oc4ccccc46)nc(-c4cccc5oc6cc(-c7ccc8ccccc8c7)ccc6c45)n3)cc2)cc1. The van der Waals surface area contributed by atoms with Crippen LogP contribution in [0.4, 0.5) is 0 Å². The fourth-order valence-electron chi connectivity index (χ4n) is 8.36. The molecule has 0 atom stereocenters. The van der Waals surface area contributed by atoms with E-state index in [4.69, 9.17) is 23.8 Å². The lowest BCUT2D eigenvalue weighted by Crippen LogP contribution is -2.00. The third-order valence-corrected chi connectivity index (χ3v) is 11.3. The molecule has 0 amide bonds. The van der Waals surface area contributed by atoms with Gasteiger partial charge in [0.15, 0.2) is 17.5 Å². The van der Waals surface area contributed by atoms with Gasteiger partial charge in [-0.2, -0.15) is 0 Å². The van der Waals surface area contributed by atoms with E-state index in [1.54, 1.807) is 0 Å². The molecule has 0 fully saturated rings. The molecule has 0 aliphatic heterocycles. The molecule has 0 spiro atoms. The summed E-state index contributed by atoms with van der Waals surface area (Å²) in [5.74, 6) is 1.75. The van der Waals surface area contributed by atoms with Crippen LogP contribution in [0.1, 0.15) is 0 Å². The summed E-state index contributed by atoms with van der Waals surface area (Å²) < 4.78 is 12.8. The van der Waals surface area contributed by atoms with Crippen molar-refractivity contribution in [1.29, 1.82) is 0 Å². The van der Waals surface area contributed by atoms with E-state index in [1.807, 2.05) is 36.4 Å². The highest BCUT2D eigenvalue weighted by Gasteiger charge is 2.19. The van der Waals surface area contributed by atoms with Crippen LogP contribution in [-0.2, 0) is 0 Å². The largest absolute Gasteiger partial charge is 0.456 e. The average Bonchev–Trinajstić information content (AvgIpc) is 3.85. The third kappa shape index (κ3) is 5.36.